The van der Waals surface area contributed by atoms with Gasteiger partial charge in [0.25, 0.3) is 5.91 Å². The quantitative estimate of drug-likeness (QED) is 0.488. The van der Waals surface area contributed by atoms with Crippen molar-refractivity contribution in [2.75, 3.05) is 0 Å². The standard InChI is InChI=1S/C24H21N3OS/c1-16-14-21(12-13-25-16)24-27-17(2)22(29-24)15-26-23(28)20-10-8-19(9-11-20)18-6-4-3-5-7-18/h3-14H,15H2,1-2H3,(H,26,28). The number of nitrogens with zero attached hydrogens (tertiary/aromatic N) is 2. The van der Waals surface area contributed by atoms with Crippen molar-refractivity contribution in [2.24, 2.45) is 0 Å². The van der Waals surface area contributed by atoms with E-state index in [0.29, 0.717) is 12.1 Å². The first kappa shape index (κ1) is 19.0. The van der Waals surface area contributed by atoms with Gasteiger partial charge < -0.3 is 5.32 Å². The second-order valence-corrected chi connectivity index (χ2v) is 7.92. The van der Waals surface area contributed by atoms with Crippen LogP contribution in [0, 0.1) is 13.8 Å². The number of aromatic nitrogens is 2. The number of nitrogens with one attached hydrogen (secondary N) is 1. The van der Waals surface area contributed by atoms with E-state index in [1.54, 1.807) is 17.5 Å². The number of benzene rings is 2. The smallest absolute Gasteiger partial charge is 0.251 e. The molecule has 0 radical (unpaired) electrons. The van der Waals surface area contributed by atoms with E-state index in [0.717, 1.165) is 38.0 Å². The van der Waals surface area contributed by atoms with Gasteiger partial charge in [-0.2, -0.15) is 0 Å². The lowest BCUT2D eigenvalue weighted by Crippen LogP contribution is -2.22. The van der Waals surface area contributed by atoms with Gasteiger partial charge in [0.05, 0.1) is 12.2 Å². The molecule has 4 aromatic rings. The summed E-state index contributed by atoms with van der Waals surface area (Å²) in [5.74, 6) is -0.0845. The topological polar surface area (TPSA) is 54.9 Å². The zero-order valence-corrected chi connectivity index (χ0v) is 17.2. The van der Waals surface area contributed by atoms with Gasteiger partial charge in [0.2, 0.25) is 0 Å². The summed E-state index contributed by atoms with van der Waals surface area (Å²) in [7, 11) is 0. The van der Waals surface area contributed by atoms with Crippen LogP contribution in [0.15, 0.2) is 72.9 Å². The van der Waals surface area contributed by atoms with Crippen molar-refractivity contribution in [1.82, 2.24) is 15.3 Å². The molecule has 0 bridgehead atoms. The molecule has 4 rings (SSSR count). The molecule has 2 heterocycles. The van der Waals surface area contributed by atoms with Crippen LogP contribution in [0.2, 0.25) is 0 Å². The molecule has 0 fully saturated rings. The van der Waals surface area contributed by atoms with Crippen LogP contribution in [0.1, 0.15) is 26.6 Å². The fourth-order valence-electron chi connectivity index (χ4n) is 3.10. The fourth-order valence-corrected chi connectivity index (χ4v) is 4.10. The second-order valence-electron chi connectivity index (χ2n) is 6.84. The van der Waals surface area contributed by atoms with Crippen LogP contribution >= 0.6 is 11.3 Å². The molecule has 0 atom stereocenters. The van der Waals surface area contributed by atoms with Crippen molar-refractivity contribution >= 4 is 17.2 Å². The minimum atomic E-state index is -0.0845. The van der Waals surface area contributed by atoms with Crippen LogP contribution < -0.4 is 5.32 Å². The van der Waals surface area contributed by atoms with Crippen molar-refractivity contribution in [3.8, 4) is 21.7 Å². The lowest BCUT2D eigenvalue weighted by atomic mass is 10.0. The third-order valence-electron chi connectivity index (χ3n) is 4.70. The Labute approximate surface area is 174 Å². The molecular formula is C24H21N3OS. The Balaban J connectivity index is 1.43. The van der Waals surface area contributed by atoms with Gasteiger partial charge in [-0.1, -0.05) is 42.5 Å². The average Bonchev–Trinajstić information content (AvgIpc) is 3.13. The van der Waals surface area contributed by atoms with Gasteiger partial charge in [-0.15, -0.1) is 11.3 Å². The Morgan fingerprint density at radius 2 is 1.66 bits per heavy atom. The molecule has 0 saturated carbocycles. The fraction of sp³-hybridized carbons (Fsp3) is 0.125. The van der Waals surface area contributed by atoms with Crippen LogP contribution in [-0.2, 0) is 6.54 Å². The van der Waals surface area contributed by atoms with Crippen LogP contribution in [0.25, 0.3) is 21.7 Å². The molecule has 0 spiro atoms. The zero-order valence-electron chi connectivity index (χ0n) is 16.3. The molecule has 144 valence electrons. The number of aryl methyl sites for hydroxylation is 2. The highest BCUT2D eigenvalue weighted by atomic mass is 32.1. The van der Waals surface area contributed by atoms with Crippen molar-refractivity contribution in [1.29, 1.82) is 0 Å². The van der Waals surface area contributed by atoms with Crippen LogP contribution in [0.3, 0.4) is 0 Å². The number of carbonyl (C=O) groups is 1. The van der Waals surface area contributed by atoms with E-state index in [1.165, 1.54) is 0 Å². The number of thiazole rings is 1. The summed E-state index contributed by atoms with van der Waals surface area (Å²) in [5.41, 5.74) is 5.84. The first-order valence-electron chi connectivity index (χ1n) is 9.43. The molecule has 0 saturated heterocycles. The van der Waals surface area contributed by atoms with Gasteiger partial charge in [0.1, 0.15) is 5.01 Å². The maximum atomic E-state index is 12.6. The summed E-state index contributed by atoms with van der Waals surface area (Å²) < 4.78 is 0. The number of pyridine rings is 1. The molecule has 5 heteroatoms. The summed E-state index contributed by atoms with van der Waals surface area (Å²) >= 11 is 1.60. The Hall–Kier alpha value is -3.31. The largest absolute Gasteiger partial charge is 0.347 e. The van der Waals surface area contributed by atoms with Gasteiger partial charge in [-0.3, -0.25) is 9.78 Å². The molecule has 2 aromatic carbocycles. The van der Waals surface area contributed by atoms with Gasteiger partial charge in [-0.25, -0.2) is 4.98 Å². The predicted octanol–water partition coefficient (Wildman–Crippen LogP) is 5.42. The Kier molecular flexibility index (Phi) is 5.49. The van der Waals surface area contributed by atoms with Crippen molar-refractivity contribution in [2.45, 2.75) is 20.4 Å². The van der Waals surface area contributed by atoms with E-state index in [9.17, 15) is 4.79 Å². The van der Waals surface area contributed by atoms with Crippen LogP contribution in [0.5, 0.6) is 0 Å². The highest BCUT2D eigenvalue weighted by Crippen LogP contribution is 2.28. The maximum Gasteiger partial charge on any atom is 0.251 e. The molecule has 0 aliphatic carbocycles. The van der Waals surface area contributed by atoms with E-state index >= 15 is 0 Å². The number of rotatable bonds is 5. The molecule has 0 aliphatic heterocycles. The lowest BCUT2D eigenvalue weighted by molar-refractivity contribution is 0.0951. The summed E-state index contributed by atoms with van der Waals surface area (Å²) in [6.45, 7) is 4.41. The highest BCUT2D eigenvalue weighted by Gasteiger charge is 2.12. The van der Waals surface area contributed by atoms with E-state index in [2.05, 4.69) is 27.4 Å². The molecule has 29 heavy (non-hydrogen) atoms. The van der Waals surface area contributed by atoms with E-state index < -0.39 is 0 Å². The summed E-state index contributed by atoms with van der Waals surface area (Å²) in [6.07, 6.45) is 1.79. The van der Waals surface area contributed by atoms with E-state index in [4.69, 9.17) is 0 Å². The first-order chi connectivity index (χ1) is 14.1. The number of carbonyl (C=O) groups excluding carboxylic acids is 1. The molecule has 2 aromatic heterocycles. The Morgan fingerprint density at radius 1 is 0.931 bits per heavy atom. The zero-order chi connectivity index (χ0) is 20.2. The van der Waals surface area contributed by atoms with Gasteiger partial charge in [0, 0.05) is 27.9 Å². The van der Waals surface area contributed by atoms with Gasteiger partial charge >= 0.3 is 0 Å². The molecule has 0 aliphatic rings. The lowest BCUT2D eigenvalue weighted by Gasteiger charge is -2.06. The average molecular weight is 400 g/mol. The van der Waals surface area contributed by atoms with E-state index in [1.807, 2.05) is 68.4 Å². The van der Waals surface area contributed by atoms with E-state index in [-0.39, 0.29) is 5.91 Å². The summed E-state index contributed by atoms with van der Waals surface area (Å²) in [5, 5.41) is 3.96. The number of amides is 1. The molecule has 1 amide bonds. The Morgan fingerprint density at radius 3 is 2.38 bits per heavy atom. The number of hydrogen-bond donors (Lipinski definition) is 1. The third-order valence-corrected chi connectivity index (χ3v) is 5.91. The highest BCUT2D eigenvalue weighted by molar-refractivity contribution is 7.15. The van der Waals surface area contributed by atoms with Gasteiger partial charge in [-0.05, 0) is 49.2 Å². The minimum Gasteiger partial charge on any atom is -0.347 e. The van der Waals surface area contributed by atoms with Crippen LogP contribution in [-0.4, -0.2) is 15.9 Å². The number of hydrogen-bond acceptors (Lipinski definition) is 4. The maximum absolute atomic E-state index is 12.6. The van der Waals surface area contributed by atoms with Crippen molar-refractivity contribution < 1.29 is 4.79 Å². The first-order valence-corrected chi connectivity index (χ1v) is 10.2. The normalized spacial score (nSPS) is 10.7. The predicted molar refractivity (Wildman–Crippen MR) is 118 cm³/mol. The minimum absolute atomic E-state index is 0.0845. The molecule has 1 N–H and O–H groups in total. The van der Waals surface area contributed by atoms with Crippen molar-refractivity contribution in [3.63, 3.8) is 0 Å². The SMILES string of the molecule is Cc1cc(-c2nc(C)c(CNC(=O)c3ccc(-c4ccccc4)cc3)s2)ccn1. The van der Waals surface area contributed by atoms with Crippen LogP contribution in [0.4, 0.5) is 0 Å². The third kappa shape index (κ3) is 4.41. The molecule has 4 nitrogen and oxygen atoms in total. The monoisotopic (exact) mass is 399 g/mol. The van der Waals surface area contributed by atoms with Crippen molar-refractivity contribution in [3.05, 3.63) is 94.8 Å². The Bertz CT molecular complexity index is 1130. The second kappa shape index (κ2) is 8.37. The summed E-state index contributed by atoms with van der Waals surface area (Å²) in [4.78, 5) is 22.5. The van der Waals surface area contributed by atoms with Gasteiger partial charge in [0.15, 0.2) is 0 Å². The molecular weight excluding hydrogens is 378 g/mol. The molecule has 0 unspecified atom stereocenters. The summed E-state index contributed by atoms with van der Waals surface area (Å²) in [6, 6.07) is 21.8.